The minimum Gasteiger partial charge on any atom is -0.338 e. The van der Waals surface area contributed by atoms with Crippen molar-refractivity contribution in [3.8, 4) is 0 Å². The normalized spacial score (nSPS) is 19.4. The molecular weight excluding hydrogens is 266 g/mol. The molecule has 2 heterocycles. The van der Waals surface area contributed by atoms with Crippen molar-refractivity contribution >= 4 is 5.91 Å². The molecule has 0 spiro atoms. The molecule has 1 amide bonds. The average molecular weight is 291 g/mol. The maximum Gasteiger partial charge on any atom is 0.277 e. The van der Waals surface area contributed by atoms with Gasteiger partial charge in [0.05, 0.1) is 5.69 Å². The van der Waals surface area contributed by atoms with Crippen LogP contribution in [-0.2, 0) is 0 Å². The van der Waals surface area contributed by atoms with Crippen LogP contribution in [0.4, 0.5) is 0 Å². The molecule has 0 saturated carbocycles. The van der Waals surface area contributed by atoms with E-state index in [4.69, 9.17) is 0 Å². The van der Waals surface area contributed by atoms with Gasteiger partial charge in [-0.3, -0.25) is 9.59 Å². The summed E-state index contributed by atoms with van der Waals surface area (Å²) in [6.07, 6.45) is 5.68. The lowest BCUT2D eigenvalue weighted by Gasteiger charge is -2.21. The second kappa shape index (κ2) is 6.87. The predicted molar refractivity (Wildman–Crippen MR) is 82.5 cm³/mol. The Hall–Kier alpha value is -1.65. The summed E-state index contributed by atoms with van der Waals surface area (Å²) in [5.41, 5.74) is 1.28. The first kappa shape index (κ1) is 15.7. The fourth-order valence-corrected chi connectivity index (χ4v) is 3.11. The van der Waals surface area contributed by atoms with Crippen LogP contribution >= 0.6 is 0 Å². The van der Waals surface area contributed by atoms with Gasteiger partial charge >= 0.3 is 0 Å². The van der Waals surface area contributed by atoms with Crippen molar-refractivity contribution in [3.63, 3.8) is 0 Å². The lowest BCUT2D eigenvalue weighted by molar-refractivity contribution is 0.0757. The van der Waals surface area contributed by atoms with E-state index >= 15 is 0 Å². The highest BCUT2D eigenvalue weighted by Crippen LogP contribution is 2.23. The van der Waals surface area contributed by atoms with Gasteiger partial charge in [-0.05, 0) is 44.6 Å². The smallest absolute Gasteiger partial charge is 0.277 e. The van der Waals surface area contributed by atoms with Crippen LogP contribution in [0.5, 0.6) is 0 Å². The molecule has 1 aromatic heterocycles. The zero-order valence-corrected chi connectivity index (χ0v) is 13.2. The van der Waals surface area contributed by atoms with E-state index in [-0.39, 0.29) is 17.0 Å². The molecule has 1 saturated heterocycles. The molecule has 0 aliphatic carbocycles. The van der Waals surface area contributed by atoms with Crippen LogP contribution in [0.2, 0.25) is 0 Å². The van der Waals surface area contributed by atoms with Crippen LogP contribution in [-0.4, -0.2) is 34.1 Å². The maximum absolute atomic E-state index is 12.7. The first-order valence-electron chi connectivity index (χ1n) is 7.89. The minimum absolute atomic E-state index is 0.142. The Kier molecular flexibility index (Phi) is 5.15. The third-order valence-corrected chi connectivity index (χ3v) is 4.52. The molecule has 1 aliphatic heterocycles. The van der Waals surface area contributed by atoms with E-state index in [1.165, 1.54) is 19.3 Å². The van der Waals surface area contributed by atoms with E-state index in [0.29, 0.717) is 17.2 Å². The number of nitrogens with one attached hydrogen (secondary N) is 1. The molecule has 5 nitrogen and oxygen atoms in total. The molecule has 1 fully saturated rings. The van der Waals surface area contributed by atoms with Gasteiger partial charge in [0, 0.05) is 13.1 Å². The Labute approximate surface area is 125 Å². The number of carbonyl (C=O) groups is 1. The quantitative estimate of drug-likeness (QED) is 0.930. The Balaban J connectivity index is 2.17. The summed E-state index contributed by atoms with van der Waals surface area (Å²) in [4.78, 5) is 26.5. The molecular formula is C16H25N3O2. The molecule has 1 aliphatic rings. The first-order valence-corrected chi connectivity index (χ1v) is 7.89. The highest BCUT2D eigenvalue weighted by Gasteiger charge is 2.25. The molecule has 0 aromatic carbocycles. The molecule has 2 rings (SSSR count). The van der Waals surface area contributed by atoms with Crippen LogP contribution < -0.4 is 5.56 Å². The second-order valence-corrected chi connectivity index (χ2v) is 6.02. The summed E-state index contributed by atoms with van der Waals surface area (Å²) in [5, 5.41) is 6.33. The summed E-state index contributed by atoms with van der Waals surface area (Å²) in [6.45, 7) is 7.31. The Morgan fingerprint density at radius 2 is 2.10 bits per heavy atom. The van der Waals surface area contributed by atoms with Crippen LogP contribution in [0, 0.1) is 19.8 Å². The van der Waals surface area contributed by atoms with E-state index in [9.17, 15) is 9.59 Å². The SMILES string of the molecule is CCC[C@@H]1CCCN(C(=O)c2c(C)c(C)n[nH]c2=O)CC1. The van der Waals surface area contributed by atoms with Gasteiger partial charge in [0.2, 0.25) is 0 Å². The highest BCUT2D eigenvalue weighted by atomic mass is 16.2. The highest BCUT2D eigenvalue weighted by molar-refractivity contribution is 5.95. The largest absolute Gasteiger partial charge is 0.338 e. The number of rotatable bonds is 3. The van der Waals surface area contributed by atoms with Gasteiger partial charge in [0.15, 0.2) is 0 Å². The van der Waals surface area contributed by atoms with Gasteiger partial charge < -0.3 is 4.90 Å². The van der Waals surface area contributed by atoms with Crippen LogP contribution in [0.3, 0.4) is 0 Å². The Morgan fingerprint density at radius 3 is 2.81 bits per heavy atom. The van der Waals surface area contributed by atoms with Gasteiger partial charge in [-0.25, -0.2) is 5.10 Å². The van der Waals surface area contributed by atoms with Gasteiger partial charge in [0.1, 0.15) is 5.56 Å². The Morgan fingerprint density at radius 1 is 1.33 bits per heavy atom. The first-order chi connectivity index (χ1) is 10.0. The number of nitrogens with zero attached hydrogens (tertiary/aromatic N) is 2. The van der Waals surface area contributed by atoms with Crippen molar-refractivity contribution < 1.29 is 4.79 Å². The lowest BCUT2D eigenvalue weighted by Crippen LogP contribution is -2.37. The molecule has 116 valence electrons. The van der Waals surface area contributed by atoms with Crippen molar-refractivity contribution in [2.45, 2.75) is 52.9 Å². The van der Waals surface area contributed by atoms with Gasteiger partial charge in [0.25, 0.3) is 11.5 Å². The van der Waals surface area contributed by atoms with E-state index in [2.05, 4.69) is 17.1 Å². The third-order valence-electron chi connectivity index (χ3n) is 4.52. The summed E-state index contributed by atoms with van der Waals surface area (Å²) in [7, 11) is 0. The third kappa shape index (κ3) is 3.52. The molecule has 0 unspecified atom stereocenters. The van der Waals surface area contributed by atoms with Crippen molar-refractivity contribution in [2.24, 2.45) is 5.92 Å². The maximum atomic E-state index is 12.7. The number of amides is 1. The van der Waals surface area contributed by atoms with Gasteiger partial charge in [-0.2, -0.15) is 5.10 Å². The van der Waals surface area contributed by atoms with E-state index < -0.39 is 0 Å². The number of aromatic amines is 1. The van der Waals surface area contributed by atoms with Crippen molar-refractivity contribution in [1.82, 2.24) is 15.1 Å². The average Bonchev–Trinajstić information content (AvgIpc) is 2.69. The number of carbonyl (C=O) groups excluding carboxylic acids is 1. The number of hydrogen-bond acceptors (Lipinski definition) is 3. The fourth-order valence-electron chi connectivity index (χ4n) is 3.11. The molecule has 1 N–H and O–H groups in total. The summed E-state index contributed by atoms with van der Waals surface area (Å²) in [5.74, 6) is 0.572. The molecule has 1 aromatic rings. The predicted octanol–water partition coefficient (Wildman–Crippen LogP) is 2.43. The number of aromatic nitrogens is 2. The molecule has 1 atom stereocenters. The van der Waals surface area contributed by atoms with Crippen molar-refractivity contribution in [1.29, 1.82) is 0 Å². The zero-order valence-electron chi connectivity index (χ0n) is 13.2. The molecule has 5 heteroatoms. The number of H-pyrrole nitrogens is 1. The van der Waals surface area contributed by atoms with E-state index in [1.54, 1.807) is 6.92 Å². The number of hydrogen-bond donors (Lipinski definition) is 1. The Bertz CT molecular complexity index is 565. The van der Waals surface area contributed by atoms with Crippen LogP contribution in [0.25, 0.3) is 0 Å². The topological polar surface area (TPSA) is 66.1 Å². The fraction of sp³-hybridized carbons (Fsp3) is 0.688. The second-order valence-electron chi connectivity index (χ2n) is 6.02. The summed E-state index contributed by atoms with van der Waals surface area (Å²) in [6, 6.07) is 0. The van der Waals surface area contributed by atoms with Gasteiger partial charge in [-0.15, -0.1) is 0 Å². The van der Waals surface area contributed by atoms with E-state index in [1.807, 2.05) is 11.8 Å². The molecule has 0 bridgehead atoms. The standard InChI is InChI=1S/C16H25N3O2/c1-4-6-13-7-5-9-19(10-8-13)16(21)14-11(2)12(3)17-18-15(14)20/h13H,4-10H2,1-3H3,(H,18,20)/t13-/m1/s1. The molecule has 0 radical (unpaired) electrons. The monoisotopic (exact) mass is 291 g/mol. The molecule has 21 heavy (non-hydrogen) atoms. The number of aryl methyl sites for hydroxylation is 1. The van der Waals surface area contributed by atoms with Crippen LogP contribution in [0.15, 0.2) is 4.79 Å². The number of likely N-dealkylation sites (tertiary alicyclic amines) is 1. The van der Waals surface area contributed by atoms with Crippen molar-refractivity contribution in [3.05, 3.63) is 27.2 Å². The zero-order chi connectivity index (χ0) is 15.4. The van der Waals surface area contributed by atoms with Gasteiger partial charge in [-0.1, -0.05) is 19.8 Å². The summed E-state index contributed by atoms with van der Waals surface area (Å²) >= 11 is 0. The van der Waals surface area contributed by atoms with Crippen molar-refractivity contribution in [2.75, 3.05) is 13.1 Å². The minimum atomic E-state index is -0.377. The van der Waals surface area contributed by atoms with Crippen LogP contribution in [0.1, 0.15) is 60.6 Å². The summed E-state index contributed by atoms with van der Waals surface area (Å²) < 4.78 is 0. The van der Waals surface area contributed by atoms with E-state index in [0.717, 1.165) is 25.9 Å². The lowest BCUT2D eigenvalue weighted by atomic mass is 9.96.